The van der Waals surface area contributed by atoms with Crippen LogP contribution in [0.25, 0.3) is 0 Å². The fraction of sp³-hybridized carbons (Fsp3) is 0.769. The molecule has 0 bridgehead atoms. The van der Waals surface area contributed by atoms with Gasteiger partial charge >= 0.3 is 0 Å². The van der Waals surface area contributed by atoms with Gasteiger partial charge in [-0.15, -0.1) is 0 Å². The van der Waals surface area contributed by atoms with Crippen LogP contribution in [0.1, 0.15) is 19.3 Å². The maximum absolute atomic E-state index is 12.4. The molecule has 0 aliphatic carbocycles. The van der Waals surface area contributed by atoms with Crippen LogP contribution in [0.2, 0.25) is 0 Å². The van der Waals surface area contributed by atoms with Crippen LogP contribution in [0.3, 0.4) is 0 Å². The summed E-state index contributed by atoms with van der Waals surface area (Å²) in [4.78, 5) is 14.3. The quantitative estimate of drug-likeness (QED) is 0.736. The average molecular weight is 254 g/mol. The van der Waals surface area contributed by atoms with Crippen molar-refractivity contribution < 1.29 is 14.3 Å². The zero-order valence-corrected chi connectivity index (χ0v) is 11.0. The van der Waals surface area contributed by atoms with Gasteiger partial charge in [-0.05, 0) is 24.8 Å². The molecule has 5 heteroatoms. The number of amides is 1. The zero-order chi connectivity index (χ0) is 13.0. The van der Waals surface area contributed by atoms with E-state index in [1.165, 1.54) is 5.57 Å². The molecule has 2 aliphatic heterocycles. The first kappa shape index (κ1) is 13.5. The van der Waals surface area contributed by atoms with Crippen LogP contribution in [0, 0.1) is 0 Å². The number of hydrogen-bond donors (Lipinski definition) is 1. The van der Waals surface area contributed by atoms with E-state index in [-0.39, 0.29) is 5.91 Å². The summed E-state index contributed by atoms with van der Waals surface area (Å²) in [6.45, 7) is 3.22. The molecule has 2 rings (SSSR count). The lowest BCUT2D eigenvalue weighted by Gasteiger charge is -2.37. The Labute approximate surface area is 108 Å². The first-order valence-electron chi connectivity index (χ1n) is 6.48. The van der Waals surface area contributed by atoms with E-state index in [9.17, 15) is 4.79 Å². The highest BCUT2D eigenvalue weighted by atomic mass is 16.5. The number of rotatable bonds is 3. The first-order chi connectivity index (χ1) is 8.65. The van der Waals surface area contributed by atoms with Gasteiger partial charge in [0.15, 0.2) is 0 Å². The van der Waals surface area contributed by atoms with E-state index in [1.54, 1.807) is 7.11 Å². The number of carbonyl (C=O) groups excluding carboxylic acids is 1. The van der Waals surface area contributed by atoms with E-state index in [0.29, 0.717) is 39.2 Å². The second kappa shape index (κ2) is 5.82. The molecule has 2 heterocycles. The Kier molecular flexibility index (Phi) is 4.37. The third-order valence-electron chi connectivity index (χ3n) is 3.73. The second-order valence-electron chi connectivity index (χ2n) is 5.07. The van der Waals surface area contributed by atoms with Gasteiger partial charge < -0.3 is 20.1 Å². The maximum atomic E-state index is 12.4. The number of nitrogens with two attached hydrogens (primary N) is 1. The van der Waals surface area contributed by atoms with Gasteiger partial charge in [-0.25, -0.2) is 0 Å². The highest BCUT2D eigenvalue weighted by Gasteiger charge is 2.39. The van der Waals surface area contributed by atoms with Crippen LogP contribution < -0.4 is 5.73 Å². The molecular weight excluding hydrogens is 232 g/mol. The Bertz CT molecular complexity index is 335. The number of ether oxygens (including phenoxy) is 2. The van der Waals surface area contributed by atoms with Crippen molar-refractivity contribution in [3.05, 3.63) is 11.6 Å². The van der Waals surface area contributed by atoms with Gasteiger partial charge in [0.2, 0.25) is 5.91 Å². The summed E-state index contributed by atoms with van der Waals surface area (Å²) in [6, 6.07) is 0. The molecule has 0 aromatic rings. The third kappa shape index (κ3) is 2.91. The average Bonchev–Trinajstić information content (AvgIpc) is 2.40. The highest BCUT2D eigenvalue weighted by molar-refractivity contribution is 5.86. The molecule has 0 saturated carbocycles. The molecular formula is C13H22N2O3. The van der Waals surface area contributed by atoms with Crippen molar-refractivity contribution in [2.75, 3.05) is 40.0 Å². The summed E-state index contributed by atoms with van der Waals surface area (Å²) in [7, 11) is 1.69. The van der Waals surface area contributed by atoms with Gasteiger partial charge in [0, 0.05) is 33.4 Å². The summed E-state index contributed by atoms with van der Waals surface area (Å²) in [5.41, 5.74) is 6.76. The minimum Gasteiger partial charge on any atom is -0.381 e. The van der Waals surface area contributed by atoms with E-state index in [0.717, 1.165) is 13.0 Å². The van der Waals surface area contributed by atoms with E-state index in [2.05, 4.69) is 6.08 Å². The van der Waals surface area contributed by atoms with Crippen LogP contribution in [0.15, 0.2) is 11.6 Å². The SMILES string of the molecule is COCC1=CCN(C(=O)C2(N)CCOCC2)CC1. The van der Waals surface area contributed by atoms with Crippen molar-refractivity contribution >= 4 is 5.91 Å². The molecule has 0 radical (unpaired) electrons. The van der Waals surface area contributed by atoms with E-state index in [1.807, 2.05) is 4.90 Å². The molecule has 0 aromatic heterocycles. The molecule has 1 fully saturated rings. The highest BCUT2D eigenvalue weighted by Crippen LogP contribution is 2.22. The fourth-order valence-corrected chi connectivity index (χ4v) is 2.48. The van der Waals surface area contributed by atoms with Gasteiger partial charge in [0.25, 0.3) is 0 Å². The number of hydrogen-bond acceptors (Lipinski definition) is 4. The number of nitrogens with zero attached hydrogens (tertiary/aromatic N) is 1. The third-order valence-corrected chi connectivity index (χ3v) is 3.73. The molecule has 0 atom stereocenters. The number of carbonyl (C=O) groups is 1. The summed E-state index contributed by atoms with van der Waals surface area (Å²) >= 11 is 0. The van der Waals surface area contributed by atoms with E-state index in [4.69, 9.17) is 15.2 Å². The normalized spacial score (nSPS) is 23.7. The molecule has 0 spiro atoms. The summed E-state index contributed by atoms with van der Waals surface area (Å²) < 4.78 is 10.4. The molecule has 2 N–H and O–H groups in total. The van der Waals surface area contributed by atoms with Crippen LogP contribution in [0.5, 0.6) is 0 Å². The lowest BCUT2D eigenvalue weighted by atomic mass is 9.89. The molecule has 102 valence electrons. The van der Waals surface area contributed by atoms with Gasteiger partial charge in [0.05, 0.1) is 12.1 Å². The van der Waals surface area contributed by atoms with Crippen molar-refractivity contribution in [1.82, 2.24) is 4.90 Å². The van der Waals surface area contributed by atoms with Crippen molar-refractivity contribution in [2.24, 2.45) is 5.73 Å². The zero-order valence-electron chi connectivity index (χ0n) is 11.0. The van der Waals surface area contributed by atoms with Crippen LogP contribution in [-0.2, 0) is 14.3 Å². The van der Waals surface area contributed by atoms with E-state index >= 15 is 0 Å². The molecule has 2 aliphatic rings. The summed E-state index contributed by atoms with van der Waals surface area (Å²) in [5.74, 6) is 0.0681. The standard InChI is InChI=1S/C13H22N2O3/c1-17-10-11-2-6-15(7-3-11)12(16)13(14)4-8-18-9-5-13/h2H,3-10,14H2,1H3. The van der Waals surface area contributed by atoms with Crippen molar-refractivity contribution in [2.45, 2.75) is 24.8 Å². The maximum Gasteiger partial charge on any atom is 0.243 e. The van der Waals surface area contributed by atoms with Gasteiger partial charge in [-0.1, -0.05) is 6.08 Å². The first-order valence-corrected chi connectivity index (χ1v) is 6.48. The molecule has 18 heavy (non-hydrogen) atoms. The lowest BCUT2D eigenvalue weighted by Crippen LogP contribution is -2.58. The summed E-state index contributed by atoms with van der Waals surface area (Å²) in [5, 5.41) is 0. The Morgan fingerprint density at radius 3 is 2.83 bits per heavy atom. The molecule has 0 aromatic carbocycles. The minimum absolute atomic E-state index is 0.0681. The van der Waals surface area contributed by atoms with Gasteiger partial charge in [-0.3, -0.25) is 4.79 Å². The smallest absolute Gasteiger partial charge is 0.243 e. The lowest BCUT2D eigenvalue weighted by molar-refractivity contribution is -0.140. The van der Waals surface area contributed by atoms with Crippen molar-refractivity contribution in [3.63, 3.8) is 0 Å². The van der Waals surface area contributed by atoms with Crippen molar-refractivity contribution in [1.29, 1.82) is 0 Å². The Balaban J connectivity index is 1.94. The largest absolute Gasteiger partial charge is 0.381 e. The van der Waals surface area contributed by atoms with Crippen LogP contribution >= 0.6 is 0 Å². The Morgan fingerprint density at radius 1 is 1.56 bits per heavy atom. The molecule has 5 nitrogen and oxygen atoms in total. The molecule has 1 amide bonds. The van der Waals surface area contributed by atoms with Crippen molar-refractivity contribution in [3.8, 4) is 0 Å². The van der Waals surface area contributed by atoms with Crippen LogP contribution in [0.4, 0.5) is 0 Å². The molecule has 0 unspecified atom stereocenters. The minimum atomic E-state index is -0.717. The predicted octanol–water partition coefficient (Wildman–Crippen LogP) is 0.299. The Hall–Kier alpha value is -0.910. The van der Waals surface area contributed by atoms with E-state index < -0.39 is 5.54 Å². The monoisotopic (exact) mass is 254 g/mol. The summed E-state index contributed by atoms with van der Waals surface area (Å²) in [6.07, 6.45) is 4.20. The van der Waals surface area contributed by atoms with Crippen LogP contribution in [-0.4, -0.2) is 56.4 Å². The predicted molar refractivity (Wildman–Crippen MR) is 68.1 cm³/mol. The number of methoxy groups -OCH3 is 1. The second-order valence-corrected chi connectivity index (χ2v) is 5.07. The Morgan fingerprint density at radius 2 is 2.28 bits per heavy atom. The topological polar surface area (TPSA) is 64.8 Å². The van der Waals surface area contributed by atoms with Gasteiger partial charge in [-0.2, -0.15) is 0 Å². The fourth-order valence-electron chi connectivity index (χ4n) is 2.48. The molecule has 1 saturated heterocycles. The van der Waals surface area contributed by atoms with Gasteiger partial charge in [0.1, 0.15) is 0 Å².